The molecule has 0 aliphatic rings. The Hall–Kier alpha value is -3.49. The minimum Gasteiger partial charge on any atom is -0.467 e. The first kappa shape index (κ1) is 20.2. The van der Waals surface area contributed by atoms with Crippen LogP contribution >= 0.6 is 0 Å². The number of para-hydroxylation sites is 1. The molecule has 0 bridgehead atoms. The summed E-state index contributed by atoms with van der Waals surface area (Å²) in [5.74, 6) is -1.09. The lowest BCUT2D eigenvalue weighted by molar-refractivity contribution is -0.146. The van der Waals surface area contributed by atoms with Crippen LogP contribution in [0.1, 0.15) is 20.3 Å². The standard InChI is InChI=1S/C20H23N5O4/c1-4-13(2)17(20(28)29-3)23-16(26)11-24-12-21-18-15(19(24)27)10-22-25(18)14-8-6-5-7-9-14/h5-10,12-13,17H,4,11H2,1-3H3,(H,23,26)/t13-,17+/m0/s1. The van der Waals surface area contributed by atoms with Crippen LogP contribution in [0.25, 0.3) is 16.7 Å². The van der Waals surface area contributed by atoms with Crippen molar-refractivity contribution in [3.8, 4) is 5.69 Å². The smallest absolute Gasteiger partial charge is 0.328 e. The second-order valence-electron chi connectivity index (χ2n) is 6.76. The van der Waals surface area contributed by atoms with E-state index in [2.05, 4.69) is 15.4 Å². The Balaban J connectivity index is 1.84. The number of nitrogens with one attached hydrogen (secondary N) is 1. The van der Waals surface area contributed by atoms with Crippen molar-refractivity contribution in [1.29, 1.82) is 0 Å². The first-order valence-corrected chi connectivity index (χ1v) is 9.32. The zero-order chi connectivity index (χ0) is 21.0. The van der Waals surface area contributed by atoms with E-state index in [9.17, 15) is 14.4 Å². The number of rotatable bonds is 7. The van der Waals surface area contributed by atoms with E-state index in [1.165, 1.54) is 24.2 Å². The number of hydrogen-bond acceptors (Lipinski definition) is 6. The molecule has 3 aromatic rings. The van der Waals surface area contributed by atoms with Gasteiger partial charge >= 0.3 is 5.97 Å². The maximum atomic E-state index is 12.8. The molecule has 1 aromatic carbocycles. The summed E-state index contributed by atoms with van der Waals surface area (Å²) < 4.78 is 7.53. The topological polar surface area (TPSA) is 108 Å². The molecule has 1 N–H and O–H groups in total. The zero-order valence-corrected chi connectivity index (χ0v) is 16.5. The van der Waals surface area contributed by atoms with Crippen molar-refractivity contribution >= 4 is 22.9 Å². The summed E-state index contributed by atoms with van der Waals surface area (Å²) in [4.78, 5) is 41.5. The number of carbonyl (C=O) groups excluding carboxylic acids is 2. The van der Waals surface area contributed by atoms with E-state index in [1.807, 2.05) is 44.2 Å². The predicted molar refractivity (Wildman–Crippen MR) is 107 cm³/mol. The van der Waals surface area contributed by atoms with Gasteiger partial charge in [-0.25, -0.2) is 14.5 Å². The third-order valence-corrected chi connectivity index (χ3v) is 4.85. The summed E-state index contributed by atoms with van der Waals surface area (Å²) in [6.07, 6.45) is 3.43. The molecule has 0 radical (unpaired) electrons. The summed E-state index contributed by atoms with van der Waals surface area (Å²) in [5, 5.41) is 7.20. The third-order valence-electron chi connectivity index (χ3n) is 4.85. The minimum absolute atomic E-state index is 0.104. The molecule has 9 nitrogen and oxygen atoms in total. The Labute approximate surface area is 167 Å². The van der Waals surface area contributed by atoms with E-state index in [-0.39, 0.29) is 18.0 Å². The number of hydrogen-bond donors (Lipinski definition) is 1. The largest absolute Gasteiger partial charge is 0.467 e. The van der Waals surface area contributed by atoms with Gasteiger partial charge in [0.1, 0.15) is 24.3 Å². The average molecular weight is 397 g/mol. The van der Waals surface area contributed by atoms with Crippen molar-refractivity contribution in [2.45, 2.75) is 32.9 Å². The van der Waals surface area contributed by atoms with Crippen molar-refractivity contribution in [2.75, 3.05) is 7.11 Å². The number of methoxy groups -OCH3 is 1. The maximum absolute atomic E-state index is 12.8. The van der Waals surface area contributed by atoms with Gasteiger partial charge in [0.25, 0.3) is 5.56 Å². The van der Waals surface area contributed by atoms with E-state index < -0.39 is 17.9 Å². The number of fused-ring (bicyclic) bond motifs is 1. The monoisotopic (exact) mass is 397 g/mol. The molecule has 0 aliphatic heterocycles. The fraction of sp³-hybridized carbons (Fsp3) is 0.350. The maximum Gasteiger partial charge on any atom is 0.328 e. The normalized spacial score (nSPS) is 13.1. The van der Waals surface area contributed by atoms with Crippen LogP contribution in [0.5, 0.6) is 0 Å². The predicted octanol–water partition coefficient (Wildman–Crippen LogP) is 1.29. The highest BCUT2D eigenvalue weighted by Crippen LogP contribution is 2.13. The van der Waals surface area contributed by atoms with E-state index >= 15 is 0 Å². The second kappa shape index (κ2) is 8.68. The number of carbonyl (C=O) groups is 2. The lowest BCUT2D eigenvalue weighted by Crippen LogP contribution is -2.47. The SMILES string of the molecule is CC[C@H](C)[C@@H](NC(=O)Cn1cnc2c(cnn2-c2ccccc2)c1=O)C(=O)OC. The van der Waals surface area contributed by atoms with Crippen molar-refractivity contribution in [2.24, 2.45) is 5.92 Å². The van der Waals surface area contributed by atoms with Gasteiger partial charge in [-0.05, 0) is 18.1 Å². The highest BCUT2D eigenvalue weighted by Gasteiger charge is 2.26. The Kier molecular flexibility index (Phi) is 6.06. The van der Waals surface area contributed by atoms with Crippen LogP contribution in [-0.4, -0.2) is 44.4 Å². The zero-order valence-electron chi connectivity index (χ0n) is 16.5. The van der Waals surface area contributed by atoms with Crippen LogP contribution in [0.4, 0.5) is 0 Å². The highest BCUT2D eigenvalue weighted by molar-refractivity contribution is 5.84. The summed E-state index contributed by atoms with van der Waals surface area (Å²) in [6.45, 7) is 3.50. The third kappa shape index (κ3) is 4.18. The van der Waals surface area contributed by atoms with Crippen LogP contribution in [-0.2, 0) is 20.9 Å². The van der Waals surface area contributed by atoms with Gasteiger partial charge in [0.15, 0.2) is 5.65 Å². The molecule has 1 amide bonds. The number of aromatic nitrogens is 4. The van der Waals surface area contributed by atoms with Gasteiger partial charge in [-0.1, -0.05) is 38.5 Å². The number of esters is 1. The Morgan fingerprint density at radius 3 is 2.62 bits per heavy atom. The quantitative estimate of drug-likeness (QED) is 0.602. The highest BCUT2D eigenvalue weighted by atomic mass is 16.5. The lowest BCUT2D eigenvalue weighted by atomic mass is 9.99. The van der Waals surface area contributed by atoms with E-state index in [4.69, 9.17) is 4.74 Å². The number of benzene rings is 1. The summed E-state index contributed by atoms with van der Waals surface area (Å²) in [6, 6.07) is 8.55. The Bertz CT molecular complexity index is 1070. The molecular weight excluding hydrogens is 374 g/mol. The van der Waals surface area contributed by atoms with Gasteiger partial charge in [-0.15, -0.1) is 0 Å². The average Bonchev–Trinajstić information content (AvgIpc) is 3.18. The van der Waals surface area contributed by atoms with Crippen molar-refractivity contribution in [3.63, 3.8) is 0 Å². The van der Waals surface area contributed by atoms with E-state index in [0.29, 0.717) is 17.5 Å². The first-order chi connectivity index (χ1) is 14.0. The molecule has 0 saturated heterocycles. The van der Waals surface area contributed by atoms with Crippen LogP contribution in [0.2, 0.25) is 0 Å². The van der Waals surface area contributed by atoms with Crippen LogP contribution in [0.15, 0.2) is 47.7 Å². The molecule has 0 fully saturated rings. The summed E-state index contributed by atoms with van der Waals surface area (Å²) in [7, 11) is 1.27. The molecule has 0 saturated carbocycles. The van der Waals surface area contributed by atoms with Crippen LogP contribution in [0.3, 0.4) is 0 Å². The van der Waals surface area contributed by atoms with Crippen molar-refractivity contribution in [1.82, 2.24) is 24.6 Å². The molecule has 2 aromatic heterocycles. The molecule has 3 rings (SSSR count). The van der Waals surface area contributed by atoms with Gasteiger partial charge < -0.3 is 10.1 Å². The van der Waals surface area contributed by atoms with Gasteiger partial charge in [0.05, 0.1) is 19.0 Å². The molecule has 2 atom stereocenters. The Morgan fingerprint density at radius 1 is 1.24 bits per heavy atom. The molecule has 0 aliphatic carbocycles. The summed E-state index contributed by atoms with van der Waals surface area (Å²) >= 11 is 0. The lowest BCUT2D eigenvalue weighted by Gasteiger charge is -2.21. The van der Waals surface area contributed by atoms with Crippen LogP contribution in [0, 0.1) is 5.92 Å². The molecule has 2 heterocycles. The van der Waals surface area contributed by atoms with Crippen LogP contribution < -0.4 is 10.9 Å². The minimum atomic E-state index is -0.772. The van der Waals surface area contributed by atoms with E-state index in [0.717, 1.165) is 5.69 Å². The first-order valence-electron chi connectivity index (χ1n) is 9.32. The van der Waals surface area contributed by atoms with Gasteiger partial charge in [0, 0.05) is 0 Å². The van der Waals surface area contributed by atoms with Gasteiger partial charge in [0.2, 0.25) is 5.91 Å². The van der Waals surface area contributed by atoms with Crippen molar-refractivity contribution in [3.05, 3.63) is 53.2 Å². The molecule has 152 valence electrons. The Morgan fingerprint density at radius 2 is 1.97 bits per heavy atom. The molecule has 0 unspecified atom stereocenters. The molecular formula is C20H23N5O4. The summed E-state index contributed by atoms with van der Waals surface area (Å²) in [5.41, 5.74) is 0.801. The van der Waals surface area contributed by atoms with Gasteiger partial charge in [-0.3, -0.25) is 14.2 Å². The fourth-order valence-electron chi connectivity index (χ4n) is 2.99. The number of nitrogens with zero attached hydrogens (tertiary/aromatic N) is 4. The van der Waals surface area contributed by atoms with Crippen molar-refractivity contribution < 1.29 is 14.3 Å². The molecule has 29 heavy (non-hydrogen) atoms. The number of ether oxygens (including phenoxy) is 1. The van der Waals surface area contributed by atoms with Gasteiger partial charge in [-0.2, -0.15) is 5.10 Å². The van der Waals surface area contributed by atoms with E-state index in [1.54, 1.807) is 4.68 Å². The molecule has 0 spiro atoms. The fourth-order valence-corrected chi connectivity index (χ4v) is 2.99. The number of amides is 1. The molecule has 9 heteroatoms. The second-order valence-corrected chi connectivity index (χ2v) is 6.76.